The number of nitrogens with one attached hydrogen (secondary N) is 3. The highest BCUT2D eigenvalue weighted by molar-refractivity contribution is 9.11. The predicted octanol–water partition coefficient (Wildman–Crippen LogP) is 3.43. The van der Waals surface area contributed by atoms with E-state index in [-0.39, 0.29) is 30.4 Å². The van der Waals surface area contributed by atoms with Crippen LogP contribution in [0.4, 0.5) is 10.5 Å². The molecular weight excluding hydrogens is 734 g/mol. The number of anilines is 1. The average molecular weight is 776 g/mol. The van der Waals surface area contributed by atoms with Crippen LogP contribution in [0.3, 0.4) is 0 Å². The Kier molecular flexibility index (Phi) is 13.7. The Labute approximate surface area is 291 Å². The number of urea groups is 1. The highest BCUT2D eigenvalue weighted by Gasteiger charge is 2.31. The Morgan fingerprint density at radius 3 is 2.26 bits per heavy atom. The third-order valence-electron chi connectivity index (χ3n) is 7.93. The second-order valence-corrected chi connectivity index (χ2v) is 13.1. The molecule has 1 aliphatic heterocycles. The maximum atomic E-state index is 13.9. The molecule has 0 spiro atoms. The lowest BCUT2D eigenvalue weighted by Crippen LogP contribution is -2.58. The minimum atomic E-state index is -1.03. The van der Waals surface area contributed by atoms with Gasteiger partial charge in [0, 0.05) is 57.2 Å². The first-order valence-electron chi connectivity index (χ1n) is 15.6. The number of hydrogen-bond acceptors (Lipinski definition) is 8. The van der Waals surface area contributed by atoms with E-state index in [1.165, 1.54) is 0 Å². The fourth-order valence-electron chi connectivity index (χ4n) is 5.41. The van der Waals surface area contributed by atoms with Crippen molar-refractivity contribution in [3.63, 3.8) is 0 Å². The minimum absolute atomic E-state index is 0.0157. The van der Waals surface area contributed by atoms with Crippen LogP contribution in [-0.4, -0.2) is 89.3 Å². The van der Waals surface area contributed by atoms with Crippen LogP contribution in [0.5, 0.6) is 11.5 Å². The van der Waals surface area contributed by atoms with Crippen LogP contribution in [0, 0.1) is 0 Å². The molecule has 1 fully saturated rings. The van der Waals surface area contributed by atoms with Gasteiger partial charge < -0.3 is 41.7 Å². The van der Waals surface area contributed by atoms with Crippen molar-refractivity contribution < 1.29 is 24.6 Å². The van der Waals surface area contributed by atoms with Gasteiger partial charge in [0.05, 0.1) is 8.95 Å². The summed E-state index contributed by atoms with van der Waals surface area (Å²) in [6, 6.07) is 11.6. The largest absolute Gasteiger partial charge is 0.508 e. The first-order valence-corrected chi connectivity index (χ1v) is 17.2. The van der Waals surface area contributed by atoms with Gasteiger partial charge in [0.15, 0.2) is 0 Å². The predicted molar refractivity (Wildman–Crippen MR) is 187 cm³/mol. The van der Waals surface area contributed by atoms with Crippen molar-refractivity contribution in [3.8, 4) is 11.5 Å². The summed E-state index contributed by atoms with van der Waals surface area (Å²) >= 11 is 6.66. The minimum Gasteiger partial charge on any atom is -0.508 e. The number of halogens is 2. The number of rotatable bonds is 14. The molecule has 252 valence electrons. The molecular formula is C33H41Br2N7O5. The van der Waals surface area contributed by atoms with Gasteiger partial charge in [-0.1, -0.05) is 12.1 Å². The maximum absolute atomic E-state index is 13.9. The third-order valence-corrected chi connectivity index (χ3v) is 9.14. The van der Waals surface area contributed by atoms with Crippen LogP contribution in [0.2, 0.25) is 0 Å². The topological polar surface area (TPSA) is 173 Å². The zero-order chi connectivity index (χ0) is 33.8. The molecule has 3 aromatic rings. The van der Waals surface area contributed by atoms with E-state index in [9.17, 15) is 24.6 Å². The number of carbonyl (C=O) groups excluding carboxylic acids is 3. The summed E-state index contributed by atoms with van der Waals surface area (Å²) in [5.74, 6) is -0.521. The molecule has 0 saturated carbocycles. The number of amides is 4. The molecule has 47 heavy (non-hydrogen) atoms. The summed E-state index contributed by atoms with van der Waals surface area (Å²) in [6.45, 7) is 3.04. The van der Waals surface area contributed by atoms with E-state index < -0.39 is 24.0 Å². The van der Waals surface area contributed by atoms with Crippen molar-refractivity contribution in [1.29, 1.82) is 0 Å². The van der Waals surface area contributed by atoms with Crippen LogP contribution in [0.25, 0.3) is 0 Å². The Morgan fingerprint density at radius 1 is 0.894 bits per heavy atom. The van der Waals surface area contributed by atoms with E-state index in [0.29, 0.717) is 72.9 Å². The molecule has 1 saturated heterocycles. The van der Waals surface area contributed by atoms with Crippen molar-refractivity contribution >= 4 is 55.4 Å². The van der Waals surface area contributed by atoms with Gasteiger partial charge in [-0.3, -0.25) is 14.6 Å². The Bertz CT molecular complexity index is 1480. The highest BCUT2D eigenvalue weighted by atomic mass is 79.9. The fourth-order valence-corrected chi connectivity index (χ4v) is 6.69. The second-order valence-electron chi connectivity index (χ2n) is 11.3. The number of nitrogens with zero attached hydrogens (tertiary/aromatic N) is 3. The zero-order valence-electron chi connectivity index (χ0n) is 26.0. The van der Waals surface area contributed by atoms with Gasteiger partial charge in [0.1, 0.15) is 23.6 Å². The number of hydrogen-bond donors (Lipinski definition) is 6. The van der Waals surface area contributed by atoms with Gasteiger partial charge in [0.25, 0.3) is 0 Å². The summed E-state index contributed by atoms with van der Waals surface area (Å²) in [6.07, 6.45) is 5.81. The number of nitrogens with two attached hydrogens (primary N) is 1. The number of unbranched alkanes of at least 4 members (excludes halogenated alkanes) is 1. The van der Waals surface area contributed by atoms with Crippen LogP contribution in [-0.2, 0) is 22.4 Å². The SMILES string of the molecule is NCCCC[C@H](NC(=O)[C@@H](Cc1cc(Br)c(O)c(Br)c1)NC(=O)NCCc1cccc(O)c1)C(=O)N1CCN(c2ccncc2)CC1. The van der Waals surface area contributed by atoms with Crippen LogP contribution in [0.15, 0.2) is 69.9 Å². The van der Waals surface area contributed by atoms with Crippen molar-refractivity contribution in [2.75, 3.05) is 44.2 Å². The van der Waals surface area contributed by atoms with E-state index in [4.69, 9.17) is 5.73 Å². The smallest absolute Gasteiger partial charge is 0.315 e. The molecule has 0 aliphatic carbocycles. The first-order chi connectivity index (χ1) is 22.6. The number of aromatic hydroxyl groups is 2. The average Bonchev–Trinajstić information content (AvgIpc) is 3.06. The molecule has 0 unspecified atom stereocenters. The number of phenols is 2. The Balaban J connectivity index is 1.45. The van der Waals surface area contributed by atoms with Gasteiger partial charge in [0.2, 0.25) is 11.8 Å². The fraction of sp³-hybridized carbons (Fsp3) is 0.394. The van der Waals surface area contributed by atoms with Crippen molar-refractivity contribution in [2.24, 2.45) is 5.73 Å². The van der Waals surface area contributed by atoms with Crippen molar-refractivity contribution in [3.05, 3.63) is 81.0 Å². The quantitative estimate of drug-likeness (QED) is 0.135. The van der Waals surface area contributed by atoms with E-state index in [1.54, 1.807) is 47.6 Å². The third kappa shape index (κ3) is 10.8. The van der Waals surface area contributed by atoms with E-state index in [2.05, 4.69) is 57.7 Å². The van der Waals surface area contributed by atoms with Gasteiger partial charge in [-0.05, 0) is 112 Å². The lowest BCUT2D eigenvalue weighted by atomic mass is 10.0. The number of phenolic OH excluding ortho intramolecular Hbond substituents is 2. The summed E-state index contributed by atoms with van der Waals surface area (Å²) in [5.41, 5.74) is 8.28. The van der Waals surface area contributed by atoms with E-state index in [1.807, 2.05) is 18.2 Å². The normalized spacial score (nSPS) is 14.3. The standard InChI is InChI=1S/C33H41Br2N7O5/c34-26-19-23(20-27(35)30(26)44)21-29(40-33(47)38-13-7-22-4-3-5-25(43)18-22)31(45)39-28(6-1-2-10-36)32(46)42-16-14-41(15-17-42)24-8-11-37-12-9-24/h3-5,8-9,11-12,18-20,28-29,43-44H,1-2,6-7,10,13-17,21,36H2,(H,39,45)(H2,38,40,47)/t28-,29+/m0/s1. The maximum Gasteiger partial charge on any atom is 0.315 e. The molecule has 1 aromatic heterocycles. The lowest BCUT2D eigenvalue weighted by Gasteiger charge is -2.37. The Hall–Kier alpha value is -3.88. The van der Waals surface area contributed by atoms with Crippen molar-refractivity contribution in [2.45, 2.75) is 44.2 Å². The highest BCUT2D eigenvalue weighted by Crippen LogP contribution is 2.33. The molecule has 1 aliphatic rings. The van der Waals surface area contributed by atoms with Crippen LogP contribution in [0.1, 0.15) is 30.4 Å². The molecule has 7 N–H and O–H groups in total. The van der Waals surface area contributed by atoms with Gasteiger partial charge >= 0.3 is 6.03 Å². The zero-order valence-corrected chi connectivity index (χ0v) is 29.2. The van der Waals surface area contributed by atoms with Gasteiger partial charge in [-0.2, -0.15) is 0 Å². The van der Waals surface area contributed by atoms with E-state index in [0.717, 1.165) is 11.3 Å². The molecule has 12 nitrogen and oxygen atoms in total. The molecule has 2 heterocycles. The monoisotopic (exact) mass is 773 g/mol. The number of piperazine rings is 1. The molecule has 0 bridgehead atoms. The van der Waals surface area contributed by atoms with Gasteiger partial charge in [-0.15, -0.1) is 0 Å². The molecule has 0 radical (unpaired) electrons. The molecule has 4 rings (SSSR count). The number of carbonyl (C=O) groups is 3. The number of benzene rings is 2. The summed E-state index contributed by atoms with van der Waals surface area (Å²) in [5, 5.41) is 28.4. The number of pyridine rings is 1. The molecule has 4 amide bonds. The molecule has 2 aromatic carbocycles. The summed E-state index contributed by atoms with van der Waals surface area (Å²) in [7, 11) is 0. The first kappa shape index (κ1) is 36.0. The molecule has 14 heteroatoms. The van der Waals surface area contributed by atoms with Crippen molar-refractivity contribution in [1.82, 2.24) is 25.8 Å². The van der Waals surface area contributed by atoms with Gasteiger partial charge in [-0.25, -0.2) is 4.79 Å². The second kappa shape index (κ2) is 17.9. The van der Waals surface area contributed by atoms with E-state index >= 15 is 0 Å². The summed E-state index contributed by atoms with van der Waals surface area (Å²) in [4.78, 5) is 48.7. The number of aromatic nitrogens is 1. The van der Waals surface area contributed by atoms with Crippen LogP contribution >= 0.6 is 31.9 Å². The summed E-state index contributed by atoms with van der Waals surface area (Å²) < 4.78 is 0.856. The molecule has 2 atom stereocenters. The van der Waals surface area contributed by atoms with Crippen LogP contribution < -0.4 is 26.6 Å². The Morgan fingerprint density at radius 2 is 1.60 bits per heavy atom. The lowest BCUT2D eigenvalue weighted by molar-refractivity contribution is -0.137.